The predicted molar refractivity (Wildman–Crippen MR) is 156 cm³/mol. The van der Waals surface area contributed by atoms with Crippen LogP contribution in [0.1, 0.15) is 87.5 Å². The van der Waals surface area contributed by atoms with Gasteiger partial charge >= 0.3 is 180 Å². The molecule has 2 aromatic rings. The summed E-state index contributed by atoms with van der Waals surface area (Å²) in [4.78, 5) is 0. The van der Waals surface area contributed by atoms with Crippen LogP contribution in [0.25, 0.3) is 0 Å². The van der Waals surface area contributed by atoms with Crippen LogP contribution in [-0.4, -0.2) is 39.5 Å². The Labute approximate surface area is 273 Å². The Bertz CT molecular complexity index is 806. The molecule has 220 valence electrons. The number of hydrogen-bond acceptors (Lipinski definition) is 4. The van der Waals surface area contributed by atoms with Gasteiger partial charge in [-0.25, -0.2) is 0 Å². The first-order chi connectivity index (χ1) is 18.0. The van der Waals surface area contributed by atoms with Crippen LogP contribution in [0, 0.1) is 27.7 Å². The molecule has 2 fully saturated rings. The van der Waals surface area contributed by atoms with Gasteiger partial charge in [-0.15, -0.1) is 0 Å². The van der Waals surface area contributed by atoms with E-state index in [2.05, 4.69) is 83.7 Å². The summed E-state index contributed by atoms with van der Waals surface area (Å²) in [7, 11) is 0. The van der Waals surface area contributed by atoms with Crippen molar-refractivity contribution >= 4 is 11.4 Å². The average molecular weight is 835 g/mol. The summed E-state index contributed by atoms with van der Waals surface area (Å²) in [6.45, 7) is 20.1. The van der Waals surface area contributed by atoms with Crippen molar-refractivity contribution in [2.45, 2.75) is 92.9 Å². The fourth-order valence-electron chi connectivity index (χ4n) is 4.30. The molecule has 4 rings (SSSR count). The van der Waals surface area contributed by atoms with Crippen molar-refractivity contribution in [2.75, 3.05) is 45.3 Å². The predicted octanol–water partition coefficient (Wildman–Crippen LogP) is 2.35. The summed E-state index contributed by atoms with van der Waals surface area (Å²) in [5.74, 6) is 0. The van der Waals surface area contributed by atoms with E-state index in [0.717, 1.165) is 26.4 Å². The second-order valence-corrected chi connectivity index (χ2v) is 14.8. The molecule has 2 aliphatic heterocycles. The first kappa shape index (κ1) is 38.8. The van der Waals surface area contributed by atoms with Gasteiger partial charge in [-0.3, -0.25) is 0 Å². The van der Waals surface area contributed by atoms with E-state index in [-0.39, 0.29) is 34.0 Å². The van der Waals surface area contributed by atoms with Gasteiger partial charge in [0, 0.05) is 26.4 Å². The molecule has 0 bridgehead atoms. The zero-order chi connectivity index (χ0) is 26.9. The number of aryl methyl sites for hydroxylation is 2. The van der Waals surface area contributed by atoms with Crippen molar-refractivity contribution in [1.29, 1.82) is 0 Å². The third-order valence-electron chi connectivity index (χ3n) is 7.10. The molecule has 0 unspecified atom stereocenters. The topological polar surface area (TPSA) is 24.9 Å². The maximum atomic E-state index is 4.94. The molecule has 0 saturated carbocycles. The van der Waals surface area contributed by atoms with Crippen LogP contribution in [0.15, 0.2) is 36.4 Å². The number of hydrogen-bond donors (Lipinski definition) is 0. The van der Waals surface area contributed by atoms with Crippen LogP contribution in [0.4, 0.5) is 11.4 Å². The zero-order valence-corrected chi connectivity index (χ0v) is 32.1. The molecule has 0 atom stereocenters. The molecule has 39 heavy (non-hydrogen) atoms. The number of halogens is 2. The molecule has 4 nitrogen and oxygen atoms in total. The van der Waals surface area contributed by atoms with Crippen molar-refractivity contribution < 1.29 is 66.9 Å². The van der Waals surface area contributed by atoms with Gasteiger partial charge < -0.3 is 43.4 Å². The van der Waals surface area contributed by atoms with E-state index in [1.54, 1.807) is 0 Å². The Morgan fingerprint density at radius 3 is 1.26 bits per heavy atom. The summed E-state index contributed by atoms with van der Waals surface area (Å²) in [5, 5.41) is 0. The summed E-state index contributed by atoms with van der Waals surface area (Å²) in [5.41, 5.74) is 8.67. The maximum Gasteiger partial charge on any atom is -1.00 e. The summed E-state index contributed by atoms with van der Waals surface area (Å²) >= 11 is -1.23. The third-order valence-corrected chi connectivity index (χ3v) is 12.2. The van der Waals surface area contributed by atoms with Crippen molar-refractivity contribution in [3.8, 4) is 0 Å². The minimum Gasteiger partial charge on any atom is -1.00 e. The van der Waals surface area contributed by atoms with Gasteiger partial charge in [0.1, 0.15) is 0 Å². The monoisotopic (exact) mass is 834 g/mol. The van der Waals surface area contributed by atoms with Gasteiger partial charge in [0.15, 0.2) is 0 Å². The third kappa shape index (κ3) is 14.5. The van der Waals surface area contributed by atoms with E-state index in [9.17, 15) is 0 Å². The Morgan fingerprint density at radius 2 is 0.974 bits per heavy atom. The van der Waals surface area contributed by atoms with Gasteiger partial charge in [0.2, 0.25) is 0 Å². The van der Waals surface area contributed by atoms with Crippen LogP contribution in [0.2, 0.25) is 0 Å². The fraction of sp³-hybridized carbons (Fsp3) is 0.625. The van der Waals surface area contributed by atoms with E-state index in [0.29, 0.717) is 0 Å². The minimum atomic E-state index is -1.23. The van der Waals surface area contributed by atoms with Crippen molar-refractivity contribution in [3.63, 3.8) is 0 Å². The second-order valence-electron chi connectivity index (χ2n) is 10.2. The molecular weight excluding hydrogens is 783 g/mol. The van der Waals surface area contributed by atoms with Crippen LogP contribution in [0.5, 0.6) is 0 Å². The van der Waals surface area contributed by atoms with Gasteiger partial charge in [-0.05, 0) is 25.7 Å². The SMILES string of the molecule is C1CCOC1.C1CCOC1.CCCC[N]([Hf+2][N](CCCC)c1cccc(C)c1C)c1cccc(C)c1C.[Br-].[Br-]. The quantitative estimate of drug-likeness (QED) is 0.344. The smallest absolute Gasteiger partial charge is 1.00 e. The number of nitrogens with zero attached hydrogens (tertiary/aromatic N) is 2. The zero-order valence-electron chi connectivity index (χ0n) is 25.3. The van der Waals surface area contributed by atoms with E-state index in [1.165, 1.54) is 98.1 Å². The van der Waals surface area contributed by atoms with E-state index in [1.807, 2.05) is 0 Å². The largest absolute Gasteiger partial charge is 1.00 e. The molecule has 2 heterocycles. The second kappa shape index (κ2) is 23.4. The van der Waals surface area contributed by atoms with E-state index < -0.39 is 23.5 Å². The van der Waals surface area contributed by atoms with Crippen molar-refractivity contribution in [1.82, 2.24) is 0 Å². The Morgan fingerprint density at radius 1 is 0.615 bits per heavy atom. The number of anilines is 2. The molecule has 0 spiro atoms. The van der Waals surface area contributed by atoms with Crippen LogP contribution >= 0.6 is 0 Å². The normalized spacial score (nSPS) is 13.5. The van der Waals surface area contributed by atoms with Crippen LogP contribution in [0.3, 0.4) is 0 Å². The maximum absolute atomic E-state index is 4.94. The van der Waals surface area contributed by atoms with Gasteiger partial charge in [0.05, 0.1) is 0 Å². The Kier molecular flexibility index (Phi) is 23.2. The molecule has 2 aromatic carbocycles. The van der Waals surface area contributed by atoms with E-state index >= 15 is 0 Å². The number of ether oxygens (including phenoxy) is 2. The first-order valence-corrected chi connectivity index (χ1v) is 17.8. The molecule has 0 radical (unpaired) electrons. The summed E-state index contributed by atoms with van der Waals surface area (Å²) < 4.78 is 15.5. The molecule has 2 saturated heterocycles. The first-order valence-electron chi connectivity index (χ1n) is 14.6. The van der Waals surface area contributed by atoms with Crippen molar-refractivity contribution in [3.05, 3.63) is 58.7 Å². The number of benzene rings is 2. The molecule has 0 aliphatic carbocycles. The number of rotatable bonds is 10. The summed E-state index contributed by atoms with van der Waals surface area (Å²) in [6.07, 6.45) is 10.2. The molecule has 0 amide bonds. The van der Waals surface area contributed by atoms with Crippen LogP contribution < -0.4 is 39.7 Å². The van der Waals surface area contributed by atoms with Gasteiger partial charge in [-0.2, -0.15) is 0 Å². The molecule has 0 N–H and O–H groups in total. The fourth-order valence-corrected chi connectivity index (χ4v) is 9.72. The van der Waals surface area contributed by atoms with Gasteiger partial charge in [0.25, 0.3) is 0 Å². The molecule has 7 heteroatoms. The minimum absolute atomic E-state index is 0. The van der Waals surface area contributed by atoms with Crippen LogP contribution in [-0.2, 0) is 33.0 Å². The molecule has 0 aromatic heterocycles. The molecular formula is C32H52Br2HfN2O2. The van der Waals surface area contributed by atoms with E-state index in [4.69, 9.17) is 9.47 Å². The Balaban J connectivity index is 0.000000998. The average Bonchev–Trinajstić information content (AvgIpc) is 3.67. The molecule has 2 aliphatic rings. The standard InChI is InChI=1S/2C12H18N.2C4H8O.2BrH.Hf/c2*1-4-5-9-13-12-8-6-7-10(2)11(12)3;2*1-2-4-5-3-1;;;/h2*6-8H,4-5,9H2,1-3H3;2*1-4H2;2*1H;/q2*-1;;;;;+4/p-2. The Hall–Kier alpha value is -0.210. The summed E-state index contributed by atoms with van der Waals surface area (Å²) in [6, 6.07) is 13.6. The van der Waals surface area contributed by atoms with Gasteiger partial charge in [-0.1, -0.05) is 0 Å². The number of unbranched alkanes of at least 4 members (excludes halogenated alkanes) is 2. The van der Waals surface area contributed by atoms with Crippen molar-refractivity contribution in [2.24, 2.45) is 0 Å².